The molecule has 0 aliphatic carbocycles. The summed E-state index contributed by atoms with van der Waals surface area (Å²) in [6, 6.07) is 7.05. The summed E-state index contributed by atoms with van der Waals surface area (Å²) in [7, 11) is 1.70. The summed E-state index contributed by atoms with van der Waals surface area (Å²) < 4.78 is 5.31. The fourth-order valence-electron chi connectivity index (χ4n) is 2.12. The quantitative estimate of drug-likeness (QED) is 0.789. The van der Waals surface area contributed by atoms with Gasteiger partial charge in [-0.2, -0.15) is 0 Å². The molecule has 2 N–H and O–H groups in total. The second-order valence-electron chi connectivity index (χ2n) is 4.37. The van der Waals surface area contributed by atoms with Crippen LogP contribution in [0.3, 0.4) is 0 Å². The lowest BCUT2D eigenvalue weighted by Crippen LogP contribution is -2.42. The van der Waals surface area contributed by atoms with Crippen molar-refractivity contribution in [3.8, 4) is 0 Å². The highest BCUT2D eigenvalue weighted by Gasteiger charge is 2.23. The Kier molecular flexibility index (Phi) is 3.64. The second-order valence-corrected chi connectivity index (χ2v) is 4.37. The van der Waals surface area contributed by atoms with Crippen molar-refractivity contribution in [2.45, 2.75) is 18.9 Å². The molecule has 1 atom stereocenters. The largest absolute Gasteiger partial charge is 0.399 e. The van der Waals surface area contributed by atoms with Crippen molar-refractivity contribution in [3.05, 3.63) is 29.8 Å². The number of ether oxygens (including phenoxy) is 1. The van der Waals surface area contributed by atoms with Crippen LogP contribution in [-0.2, 0) is 4.74 Å². The maximum Gasteiger partial charge on any atom is 0.253 e. The van der Waals surface area contributed by atoms with Gasteiger partial charge in [-0.15, -0.1) is 0 Å². The average molecular weight is 234 g/mol. The van der Waals surface area contributed by atoms with Gasteiger partial charge in [0, 0.05) is 31.5 Å². The highest BCUT2D eigenvalue weighted by Crippen LogP contribution is 2.16. The summed E-state index contributed by atoms with van der Waals surface area (Å²) in [4.78, 5) is 14.1. The molecule has 1 amide bonds. The van der Waals surface area contributed by atoms with Gasteiger partial charge in [0.1, 0.15) is 0 Å². The van der Waals surface area contributed by atoms with Crippen LogP contribution in [0.25, 0.3) is 0 Å². The fourth-order valence-corrected chi connectivity index (χ4v) is 2.12. The number of hydrogen-bond acceptors (Lipinski definition) is 3. The molecular formula is C13H18N2O2. The summed E-state index contributed by atoms with van der Waals surface area (Å²) in [6.07, 6.45) is 2.20. The smallest absolute Gasteiger partial charge is 0.253 e. The molecule has 2 rings (SSSR count). The van der Waals surface area contributed by atoms with Crippen LogP contribution < -0.4 is 5.73 Å². The van der Waals surface area contributed by atoms with Crippen LogP contribution >= 0.6 is 0 Å². The lowest BCUT2D eigenvalue weighted by Gasteiger charge is -2.32. The topological polar surface area (TPSA) is 55.6 Å². The van der Waals surface area contributed by atoms with Crippen molar-refractivity contribution in [3.63, 3.8) is 0 Å². The van der Waals surface area contributed by atoms with Gasteiger partial charge < -0.3 is 15.4 Å². The van der Waals surface area contributed by atoms with Gasteiger partial charge in [0.25, 0.3) is 5.91 Å². The van der Waals surface area contributed by atoms with E-state index in [9.17, 15) is 4.79 Å². The number of rotatable bonds is 2. The number of nitrogen functional groups attached to an aromatic ring is 1. The molecule has 0 saturated carbocycles. The van der Waals surface area contributed by atoms with Crippen molar-refractivity contribution in [2.75, 3.05) is 25.9 Å². The van der Waals surface area contributed by atoms with Crippen LogP contribution in [0, 0.1) is 0 Å². The maximum atomic E-state index is 12.2. The number of hydrogen-bond donors (Lipinski definition) is 1. The number of benzene rings is 1. The van der Waals surface area contributed by atoms with E-state index in [0.29, 0.717) is 17.8 Å². The number of methoxy groups -OCH3 is 1. The minimum absolute atomic E-state index is 0.0618. The molecule has 1 aromatic carbocycles. The molecule has 1 aromatic rings. The number of amides is 1. The molecule has 4 heteroatoms. The van der Waals surface area contributed by atoms with Gasteiger partial charge in [0.05, 0.1) is 6.10 Å². The van der Waals surface area contributed by atoms with Gasteiger partial charge >= 0.3 is 0 Å². The second kappa shape index (κ2) is 5.19. The molecule has 0 bridgehead atoms. The van der Waals surface area contributed by atoms with Crippen molar-refractivity contribution in [1.29, 1.82) is 0 Å². The molecule has 0 radical (unpaired) electrons. The Morgan fingerprint density at radius 1 is 1.41 bits per heavy atom. The first-order valence-corrected chi connectivity index (χ1v) is 5.88. The third-order valence-electron chi connectivity index (χ3n) is 3.16. The van der Waals surface area contributed by atoms with Crippen LogP contribution in [0.15, 0.2) is 24.3 Å². The summed E-state index contributed by atoms with van der Waals surface area (Å²) in [5, 5.41) is 0. The Balaban J connectivity index is 2.06. The normalized spacial score (nSPS) is 20.3. The first-order valence-electron chi connectivity index (χ1n) is 5.88. The summed E-state index contributed by atoms with van der Waals surface area (Å²) in [5.74, 6) is 0.0618. The Labute approximate surface area is 101 Å². The molecule has 1 aliphatic heterocycles. The van der Waals surface area contributed by atoms with E-state index in [-0.39, 0.29) is 12.0 Å². The molecule has 4 nitrogen and oxygen atoms in total. The van der Waals surface area contributed by atoms with Crippen LogP contribution in [0.5, 0.6) is 0 Å². The maximum absolute atomic E-state index is 12.2. The van der Waals surface area contributed by atoms with Gasteiger partial charge in [-0.3, -0.25) is 4.79 Å². The summed E-state index contributed by atoms with van der Waals surface area (Å²) in [5.41, 5.74) is 6.97. The summed E-state index contributed by atoms with van der Waals surface area (Å²) >= 11 is 0. The van der Waals surface area contributed by atoms with E-state index in [4.69, 9.17) is 10.5 Å². The number of carbonyl (C=O) groups excluding carboxylic acids is 1. The highest BCUT2D eigenvalue weighted by atomic mass is 16.5. The van der Waals surface area contributed by atoms with Crippen molar-refractivity contribution >= 4 is 11.6 Å². The van der Waals surface area contributed by atoms with Crippen LogP contribution in [0.1, 0.15) is 23.2 Å². The third kappa shape index (κ3) is 2.77. The number of likely N-dealkylation sites (tertiary alicyclic amines) is 1. The molecule has 1 heterocycles. The zero-order valence-electron chi connectivity index (χ0n) is 10.1. The molecule has 1 aliphatic rings. The zero-order valence-corrected chi connectivity index (χ0v) is 10.1. The van der Waals surface area contributed by atoms with E-state index < -0.39 is 0 Å². The molecule has 1 unspecified atom stereocenters. The van der Waals surface area contributed by atoms with E-state index in [1.807, 2.05) is 4.90 Å². The van der Waals surface area contributed by atoms with Crippen LogP contribution in [0.4, 0.5) is 5.69 Å². The van der Waals surface area contributed by atoms with E-state index >= 15 is 0 Å². The van der Waals surface area contributed by atoms with Crippen LogP contribution in [0.2, 0.25) is 0 Å². The van der Waals surface area contributed by atoms with Gasteiger partial charge in [0.15, 0.2) is 0 Å². The van der Waals surface area contributed by atoms with E-state index in [1.165, 1.54) is 0 Å². The van der Waals surface area contributed by atoms with Gasteiger partial charge in [-0.05, 0) is 37.1 Å². The average Bonchev–Trinajstić information content (AvgIpc) is 2.39. The predicted octanol–water partition coefficient (Wildman–Crippen LogP) is 1.52. The Hall–Kier alpha value is -1.55. The van der Waals surface area contributed by atoms with Crippen molar-refractivity contribution < 1.29 is 9.53 Å². The first kappa shape index (κ1) is 11.9. The molecular weight excluding hydrogens is 216 g/mol. The molecule has 1 fully saturated rings. The lowest BCUT2D eigenvalue weighted by molar-refractivity contribution is 0.0269. The van der Waals surface area contributed by atoms with E-state index in [1.54, 1.807) is 31.4 Å². The van der Waals surface area contributed by atoms with Crippen LogP contribution in [-0.4, -0.2) is 37.1 Å². The predicted molar refractivity (Wildman–Crippen MR) is 66.8 cm³/mol. The highest BCUT2D eigenvalue weighted by molar-refractivity contribution is 5.94. The SMILES string of the molecule is COC1CCCN(C(=O)c2ccc(N)cc2)C1. The third-order valence-corrected chi connectivity index (χ3v) is 3.16. The monoisotopic (exact) mass is 234 g/mol. The van der Waals surface area contributed by atoms with E-state index in [0.717, 1.165) is 19.4 Å². The minimum Gasteiger partial charge on any atom is -0.399 e. The number of nitrogens with zero attached hydrogens (tertiary/aromatic N) is 1. The molecule has 1 saturated heterocycles. The van der Waals surface area contributed by atoms with Gasteiger partial charge in [-0.25, -0.2) is 0 Å². The number of anilines is 1. The molecule has 92 valence electrons. The zero-order chi connectivity index (χ0) is 12.3. The standard InChI is InChI=1S/C13H18N2O2/c1-17-12-3-2-8-15(9-12)13(16)10-4-6-11(14)7-5-10/h4-7,12H,2-3,8-9,14H2,1H3. The van der Waals surface area contributed by atoms with E-state index in [2.05, 4.69) is 0 Å². The Morgan fingerprint density at radius 3 is 2.76 bits per heavy atom. The number of nitrogens with two attached hydrogens (primary N) is 1. The molecule has 0 spiro atoms. The van der Waals surface area contributed by atoms with Gasteiger partial charge in [0.2, 0.25) is 0 Å². The van der Waals surface area contributed by atoms with Crippen molar-refractivity contribution in [1.82, 2.24) is 4.90 Å². The lowest BCUT2D eigenvalue weighted by atomic mass is 10.1. The molecule has 0 aromatic heterocycles. The van der Waals surface area contributed by atoms with Gasteiger partial charge in [-0.1, -0.05) is 0 Å². The number of piperidine rings is 1. The minimum atomic E-state index is 0.0618. The Bertz CT molecular complexity index is 389. The van der Waals surface area contributed by atoms with Crippen molar-refractivity contribution in [2.24, 2.45) is 0 Å². The first-order chi connectivity index (χ1) is 8.20. The fraction of sp³-hybridized carbons (Fsp3) is 0.462. The molecule has 17 heavy (non-hydrogen) atoms. The summed E-state index contributed by atoms with van der Waals surface area (Å²) in [6.45, 7) is 1.49. The Morgan fingerprint density at radius 2 is 2.12 bits per heavy atom. The number of carbonyl (C=O) groups is 1.